The zero-order valence-electron chi connectivity index (χ0n) is 7.46. The van der Waals surface area contributed by atoms with Gasteiger partial charge in [-0.2, -0.15) is 4.91 Å². The average molecular weight is 197 g/mol. The fourth-order valence-corrected chi connectivity index (χ4v) is 1.53. The van der Waals surface area contributed by atoms with Gasteiger partial charge in [0.15, 0.2) is 0 Å². The Balaban J connectivity index is 2.44. The van der Waals surface area contributed by atoms with Crippen molar-refractivity contribution in [1.82, 2.24) is 0 Å². The van der Waals surface area contributed by atoms with Crippen molar-refractivity contribution in [2.45, 2.75) is 25.3 Å². The van der Waals surface area contributed by atoms with Crippen LogP contribution in [0.2, 0.25) is 0 Å². The predicted octanol–water partition coefficient (Wildman–Crippen LogP) is 3.11. The third-order valence-electron chi connectivity index (χ3n) is 2.46. The first-order valence-corrected chi connectivity index (χ1v) is 4.50. The maximum absolute atomic E-state index is 13.6. The summed E-state index contributed by atoms with van der Waals surface area (Å²) in [5.41, 5.74) is 0.314. The molecule has 74 valence electrons. The highest BCUT2D eigenvalue weighted by Gasteiger charge is 2.28. The molecule has 0 unspecified atom stereocenters. The van der Waals surface area contributed by atoms with Gasteiger partial charge in [-0.15, -0.1) is 0 Å². The summed E-state index contributed by atoms with van der Waals surface area (Å²) in [6, 6.07) is 2.66. The molecule has 0 radical (unpaired) electrons. The zero-order chi connectivity index (χ0) is 10.1. The van der Waals surface area contributed by atoms with Crippen LogP contribution >= 0.6 is 0 Å². The summed E-state index contributed by atoms with van der Waals surface area (Å²) in [4.78, 5) is 9.99. The summed E-state index contributed by atoms with van der Waals surface area (Å²) < 4.78 is 26.6. The van der Waals surface area contributed by atoms with Crippen molar-refractivity contribution in [2.24, 2.45) is 5.18 Å². The molecule has 1 saturated carbocycles. The highest BCUT2D eigenvalue weighted by molar-refractivity contribution is 5.32. The van der Waals surface area contributed by atoms with Crippen LogP contribution in [-0.4, -0.2) is 0 Å². The summed E-state index contributed by atoms with van der Waals surface area (Å²) in [6.45, 7) is -0.432. The van der Waals surface area contributed by atoms with Gasteiger partial charge in [-0.3, -0.25) is 0 Å². The van der Waals surface area contributed by atoms with Crippen molar-refractivity contribution < 1.29 is 8.78 Å². The first-order chi connectivity index (χ1) is 6.74. The molecule has 0 atom stereocenters. The van der Waals surface area contributed by atoms with E-state index >= 15 is 0 Å². The van der Waals surface area contributed by atoms with Gasteiger partial charge in [-0.25, -0.2) is 8.78 Å². The first-order valence-electron chi connectivity index (χ1n) is 4.50. The zero-order valence-corrected chi connectivity index (χ0v) is 7.46. The number of nitrogens with zero attached hydrogens (tertiary/aromatic N) is 1. The molecule has 0 aliphatic heterocycles. The van der Waals surface area contributed by atoms with Gasteiger partial charge in [0.1, 0.15) is 18.2 Å². The lowest BCUT2D eigenvalue weighted by atomic mass is 10.1. The molecular weight excluding hydrogens is 188 g/mol. The predicted molar refractivity (Wildman–Crippen MR) is 47.8 cm³/mol. The largest absolute Gasteiger partial charge is 0.207 e. The molecule has 1 fully saturated rings. The normalized spacial score (nSPS) is 15.6. The Morgan fingerprint density at radius 1 is 1.36 bits per heavy atom. The minimum Gasteiger partial charge on any atom is -0.207 e. The van der Waals surface area contributed by atoms with E-state index in [0.717, 1.165) is 12.8 Å². The second-order valence-electron chi connectivity index (χ2n) is 3.49. The van der Waals surface area contributed by atoms with E-state index in [1.54, 1.807) is 0 Å². The van der Waals surface area contributed by atoms with Gasteiger partial charge >= 0.3 is 0 Å². The Morgan fingerprint density at radius 2 is 2.07 bits per heavy atom. The SMILES string of the molecule is O=NCc1c(F)ccc(C2CC2)c1F. The van der Waals surface area contributed by atoms with Crippen molar-refractivity contribution in [3.8, 4) is 0 Å². The fourth-order valence-electron chi connectivity index (χ4n) is 1.53. The second kappa shape index (κ2) is 3.44. The van der Waals surface area contributed by atoms with Crippen LogP contribution in [-0.2, 0) is 6.54 Å². The van der Waals surface area contributed by atoms with E-state index in [1.165, 1.54) is 12.1 Å². The minimum absolute atomic E-state index is 0.204. The molecule has 1 aliphatic rings. The van der Waals surface area contributed by atoms with Crippen molar-refractivity contribution in [3.63, 3.8) is 0 Å². The molecule has 1 aromatic carbocycles. The molecule has 0 aromatic heterocycles. The molecule has 2 rings (SSSR count). The van der Waals surface area contributed by atoms with E-state index in [-0.39, 0.29) is 11.5 Å². The first kappa shape index (κ1) is 9.24. The van der Waals surface area contributed by atoms with Crippen LogP contribution in [0.3, 0.4) is 0 Å². The third-order valence-corrected chi connectivity index (χ3v) is 2.46. The van der Waals surface area contributed by atoms with Crippen LogP contribution < -0.4 is 0 Å². The van der Waals surface area contributed by atoms with E-state index in [2.05, 4.69) is 5.18 Å². The van der Waals surface area contributed by atoms with E-state index in [0.29, 0.717) is 5.56 Å². The molecule has 0 bridgehead atoms. The summed E-state index contributed by atoms with van der Waals surface area (Å²) in [5.74, 6) is -1.07. The Labute approximate surface area is 79.9 Å². The molecule has 0 spiro atoms. The second-order valence-corrected chi connectivity index (χ2v) is 3.49. The topological polar surface area (TPSA) is 29.4 Å². The fraction of sp³-hybridized carbons (Fsp3) is 0.400. The highest BCUT2D eigenvalue weighted by Crippen LogP contribution is 2.42. The Hall–Kier alpha value is -1.32. The standard InChI is InChI=1S/C10H9F2NO/c11-9-4-3-7(6-1-2-6)10(12)8(9)5-13-14/h3-4,6H,1-2,5H2. The van der Waals surface area contributed by atoms with Gasteiger partial charge in [0, 0.05) is 5.56 Å². The number of benzene rings is 1. The van der Waals surface area contributed by atoms with Crippen LogP contribution in [0.4, 0.5) is 8.78 Å². The highest BCUT2D eigenvalue weighted by atomic mass is 19.1. The van der Waals surface area contributed by atoms with E-state index in [4.69, 9.17) is 0 Å². The molecule has 0 amide bonds. The van der Waals surface area contributed by atoms with Gasteiger partial charge in [0.2, 0.25) is 0 Å². The third kappa shape index (κ3) is 1.52. The maximum Gasteiger partial charge on any atom is 0.134 e. The molecule has 0 saturated heterocycles. The Kier molecular flexibility index (Phi) is 2.27. The van der Waals surface area contributed by atoms with Gasteiger partial charge in [-0.1, -0.05) is 11.2 Å². The lowest BCUT2D eigenvalue weighted by Gasteiger charge is -2.05. The van der Waals surface area contributed by atoms with Crippen LogP contribution in [0.1, 0.15) is 29.9 Å². The molecule has 2 nitrogen and oxygen atoms in total. The number of hydrogen-bond acceptors (Lipinski definition) is 2. The van der Waals surface area contributed by atoms with E-state index in [1.807, 2.05) is 0 Å². The Bertz CT molecular complexity index is 375. The lowest BCUT2D eigenvalue weighted by Crippen LogP contribution is -1.98. The number of halogens is 2. The van der Waals surface area contributed by atoms with Crippen molar-refractivity contribution in [3.05, 3.63) is 39.8 Å². The summed E-state index contributed by atoms with van der Waals surface area (Å²) in [7, 11) is 0. The van der Waals surface area contributed by atoms with Crippen molar-refractivity contribution >= 4 is 0 Å². The van der Waals surface area contributed by atoms with Gasteiger partial charge in [0.05, 0.1) is 0 Å². The van der Waals surface area contributed by atoms with Crippen molar-refractivity contribution in [1.29, 1.82) is 0 Å². The molecule has 0 N–H and O–H groups in total. The molecule has 4 heteroatoms. The minimum atomic E-state index is -0.688. The number of rotatable bonds is 3. The van der Waals surface area contributed by atoms with Crippen LogP contribution in [0.15, 0.2) is 17.3 Å². The number of nitroso groups, excluding NO2 is 1. The van der Waals surface area contributed by atoms with E-state index in [9.17, 15) is 13.7 Å². The van der Waals surface area contributed by atoms with Crippen LogP contribution in [0, 0.1) is 16.5 Å². The van der Waals surface area contributed by atoms with Crippen molar-refractivity contribution in [2.75, 3.05) is 0 Å². The van der Waals surface area contributed by atoms with Gasteiger partial charge in [-0.05, 0) is 30.4 Å². The van der Waals surface area contributed by atoms with Gasteiger partial charge in [0.25, 0.3) is 0 Å². The summed E-state index contributed by atoms with van der Waals surface area (Å²) >= 11 is 0. The maximum atomic E-state index is 13.6. The van der Waals surface area contributed by atoms with Crippen LogP contribution in [0.5, 0.6) is 0 Å². The van der Waals surface area contributed by atoms with Crippen LogP contribution in [0.25, 0.3) is 0 Å². The monoisotopic (exact) mass is 197 g/mol. The summed E-state index contributed by atoms with van der Waals surface area (Å²) in [6.07, 6.45) is 1.88. The molecule has 1 aromatic rings. The smallest absolute Gasteiger partial charge is 0.134 e. The van der Waals surface area contributed by atoms with Gasteiger partial charge < -0.3 is 0 Å². The molecule has 1 aliphatic carbocycles. The molecule has 0 heterocycles. The number of hydrogen-bond donors (Lipinski definition) is 0. The quantitative estimate of drug-likeness (QED) is 0.684. The summed E-state index contributed by atoms with van der Waals surface area (Å²) in [5, 5.41) is 2.52. The Morgan fingerprint density at radius 3 is 2.64 bits per heavy atom. The average Bonchev–Trinajstić information content (AvgIpc) is 2.96. The molecule has 14 heavy (non-hydrogen) atoms. The van der Waals surface area contributed by atoms with E-state index < -0.39 is 18.2 Å². The molecular formula is C10H9F2NO. The lowest BCUT2D eigenvalue weighted by molar-refractivity contribution is 0.547.